The smallest absolute Gasteiger partial charge is 0.305 e. The summed E-state index contributed by atoms with van der Waals surface area (Å²) in [6, 6.07) is 5.62. The minimum Gasteiger partial charge on any atom is -0.353 e. The van der Waals surface area contributed by atoms with Crippen molar-refractivity contribution in [3.8, 4) is 6.07 Å². The molecule has 3 rings (SSSR count). The number of nitrogens with zero attached hydrogens (tertiary/aromatic N) is 7. The first-order valence-electron chi connectivity index (χ1n) is 7.00. The normalized spacial score (nSPS) is 14.4. The molecule has 0 spiro atoms. The third kappa shape index (κ3) is 3.16. The van der Waals surface area contributed by atoms with Crippen molar-refractivity contribution in [2.24, 2.45) is 0 Å². The zero-order chi connectivity index (χ0) is 16.2. The summed E-state index contributed by atoms with van der Waals surface area (Å²) in [7, 11) is 0. The highest BCUT2D eigenvalue weighted by atomic mass is 16.6. The van der Waals surface area contributed by atoms with Crippen molar-refractivity contribution < 1.29 is 4.92 Å². The van der Waals surface area contributed by atoms with E-state index < -0.39 is 4.92 Å². The molecule has 2 aromatic rings. The number of nitriles is 1. The predicted molar refractivity (Wildman–Crippen MR) is 82.1 cm³/mol. The van der Waals surface area contributed by atoms with Gasteiger partial charge >= 0.3 is 5.69 Å². The zero-order valence-electron chi connectivity index (χ0n) is 12.2. The molecule has 0 aromatic carbocycles. The zero-order valence-corrected chi connectivity index (χ0v) is 12.2. The Labute approximate surface area is 132 Å². The monoisotopic (exact) mass is 311 g/mol. The first kappa shape index (κ1) is 14.6. The van der Waals surface area contributed by atoms with Crippen molar-refractivity contribution in [2.45, 2.75) is 0 Å². The molecule has 1 saturated heterocycles. The Morgan fingerprint density at radius 2 is 1.70 bits per heavy atom. The number of piperazine rings is 1. The molecule has 1 aliphatic heterocycles. The van der Waals surface area contributed by atoms with Crippen LogP contribution in [0.1, 0.15) is 5.56 Å². The van der Waals surface area contributed by atoms with E-state index in [0.717, 1.165) is 18.9 Å². The molecule has 0 bridgehead atoms. The maximum Gasteiger partial charge on any atom is 0.305 e. The van der Waals surface area contributed by atoms with Crippen molar-refractivity contribution >= 4 is 17.5 Å². The van der Waals surface area contributed by atoms with Crippen LogP contribution in [0.2, 0.25) is 0 Å². The fourth-order valence-electron chi connectivity index (χ4n) is 2.35. The molecule has 9 heteroatoms. The fraction of sp³-hybridized carbons (Fsp3) is 0.286. The third-order valence-electron chi connectivity index (χ3n) is 3.60. The summed E-state index contributed by atoms with van der Waals surface area (Å²) in [6.45, 7) is 2.86. The third-order valence-corrected chi connectivity index (χ3v) is 3.60. The second-order valence-corrected chi connectivity index (χ2v) is 4.99. The summed E-state index contributed by atoms with van der Waals surface area (Å²) < 4.78 is 0. The lowest BCUT2D eigenvalue weighted by atomic mass is 10.2. The quantitative estimate of drug-likeness (QED) is 0.609. The van der Waals surface area contributed by atoms with Gasteiger partial charge in [-0.15, -0.1) is 0 Å². The molecule has 116 valence electrons. The SMILES string of the molecule is N#Cc1ccc(N2CCN(c3ncc([N+](=O)[O-])cn3)CC2)nc1. The van der Waals surface area contributed by atoms with Crippen molar-refractivity contribution in [2.75, 3.05) is 36.0 Å². The summed E-state index contributed by atoms with van der Waals surface area (Å²) >= 11 is 0. The molecule has 0 radical (unpaired) electrons. The largest absolute Gasteiger partial charge is 0.353 e. The van der Waals surface area contributed by atoms with Gasteiger partial charge in [0.05, 0.1) is 10.5 Å². The van der Waals surface area contributed by atoms with Crippen molar-refractivity contribution in [1.82, 2.24) is 15.0 Å². The Balaban J connectivity index is 1.63. The first-order chi connectivity index (χ1) is 11.2. The van der Waals surface area contributed by atoms with Crippen LogP contribution in [0, 0.1) is 21.4 Å². The Morgan fingerprint density at radius 3 is 2.22 bits per heavy atom. The van der Waals surface area contributed by atoms with Crippen molar-refractivity contribution in [1.29, 1.82) is 5.26 Å². The molecule has 0 amide bonds. The van der Waals surface area contributed by atoms with E-state index in [1.165, 1.54) is 12.4 Å². The lowest BCUT2D eigenvalue weighted by molar-refractivity contribution is -0.385. The molecule has 2 aromatic heterocycles. The van der Waals surface area contributed by atoms with Crippen LogP contribution in [-0.2, 0) is 0 Å². The standard InChI is InChI=1S/C14H13N7O2/c15-7-11-1-2-13(16-8-11)19-3-5-20(6-4-19)14-17-9-12(10-18-14)21(22)23/h1-2,8-10H,3-6H2. The highest BCUT2D eigenvalue weighted by Gasteiger charge is 2.20. The van der Waals surface area contributed by atoms with Crippen LogP contribution in [-0.4, -0.2) is 46.1 Å². The first-order valence-corrected chi connectivity index (χ1v) is 7.00. The van der Waals surface area contributed by atoms with E-state index >= 15 is 0 Å². The summed E-state index contributed by atoms with van der Waals surface area (Å²) in [5.41, 5.74) is 0.417. The van der Waals surface area contributed by atoms with E-state index in [1.54, 1.807) is 12.3 Å². The molecule has 1 fully saturated rings. The van der Waals surface area contributed by atoms with Gasteiger partial charge in [0.25, 0.3) is 0 Å². The number of hydrogen-bond acceptors (Lipinski definition) is 8. The Morgan fingerprint density at radius 1 is 1.04 bits per heavy atom. The molecule has 0 aliphatic carbocycles. The number of pyridine rings is 1. The Hall–Kier alpha value is -3.28. The van der Waals surface area contributed by atoms with E-state index in [0.29, 0.717) is 24.6 Å². The molecule has 9 nitrogen and oxygen atoms in total. The Bertz CT molecular complexity index is 731. The average molecular weight is 311 g/mol. The van der Waals surface area contributed by atoms with Crippen LogP contribution < -0.4 is 9.80 Å². The Kier molecular flexibility index (Phi) is 3.97. The van der Waals surface area contributed by atoms with Gasteiger partial charge in [-0.25, -0.2) is 15.0 Å². The van der Waals surface area contributed by atoms with E-state index in [4.69, 9.17) is 5.26 Å². The van der Waals surface area contributed by atoms with Crippen LogP contribution >= 0.6 is 0 Å². The molecular formula is C14H13N7O2. The lowest BCUT2D eigenvalue weighted by Gasteiger charge is -2.35. The minimum absolute atomic E-state index is 0.117. The molecule has 0 unspecified atom stereocenters. The van der Waals surface area contributed by atoms with Gasteiger partial charge in [0.1, 0.15) is 24.3 Å². The van der Waals surface area contributed by atoms with Crippen LogP contribution in [0.15, 0.2) is 30.7 Å². The topological polar surface area (TPSA) is 112 Å². The molecule has 0 saturated carbocycles. The number of anilines is 2. The summed E-state index contributed by atoms with van der Waals surface area (Å²) in [5, 5.41) is 19.4. The fourth-order valence-corrected chi connectivity index (χ4v) is 2.35. The van der Waals surface area contributed by atoms with Crippen molar-refractivity contribution in [3.05, 3.63) is 46.4 Å². The molecule has 3 heterocycles. The number of nitro groups is 1. The van der Waals surface area contributed by atoms with Crippen LogP contribution in [0.4, 0.5) is 17.5 Å². The van der Waals surface area contributed by atoms with E-state index in [1.807, 2.05) is 17.0 Å². The predicted octanol–water partition coefficient (Wildman–Crippen LogP) is 0.978. The number of rotatable bonds is 3. The van der Waals surface area contributed by atoms with Gasteiger partial charge < -0.3 is 9.80 Å². The number of aromatic nitrogens is 3. The highest BCUT2D eigenvalue weighted by Crippen LogP contribution is 2.17. The van der Waals surface area contributed by atoms with Gasteiger partial charge in [0.2, 0.25) is 5.95 Å². The maximum atomic E-state index is 10.6. The molecule has 23 heavy (non-hydrogen) atoms. The second kappa shape index (κ2) is 6.23. The van der Waals surface area contributed by atoms with Crippen LogP contribution in [0.25, 0.3) is 0 Å². The van der Waals surface area contributed by atoms with E-state index in [9.17, 15) is 10.1 Å². The molecule has 0 N–H and O–H groups in total. The summed E-state index contributed by atoms with van der Waals surface area (Å²) in [5.74, 6) is 1.32. The molecular weight excluding hydrogens is 298 g/mol. The minimum atomic E-state index is -0.516. The van der Waals surface area contributed by atoms with Gasteiger partial charge in [0, 0.05) is 32.4 Å². The summed E-state index contributed by atoms with van der Waals surface area (Å²) in [4.78, 5) is 26.6. The van der Waals surface area contributed by atoms with Crippen LogP contribution in [0.3, 0.4) is 0 Å². The van der Waals surface area contributed by atoms with Gasteiger partial charge in [0.15, 0.2) is 0 Å². The molecule has 1 aliphatic rings. The van der Waals surface area contributed by atoms with Gasteiger partial charge in [-0.1, -0.05) is 0 Å². The highest BCUT2D eigenvalue weighted by molar-refractivity contribution is 5.44. The average Bonchev–Trinajstić information content (AvgIpc) is 2.62. The van der Waals surface area contributed by atoms with E-state index in [2.05, 4.69) is 19.9 Å². The molecule has 0 atom stereocenters. The maximum absolute atomic E-state index is 10.6. The lowest BCUT2D eigenvalue weighted by Crippen LogP contribution is -2.47. The van der Waals surface area contributed by atoms with Crippen LogP contribution in [0.5, 0.6) is 0 Å². The van der Waals surface area contributed by atoms with Gasteiger partial charge in [-0.2, -0.15) is 5.26 Å². The summed E-state index contributed by atoms with van der Waals surface area (Å²) in [6.07, 6.45) is 3.99. The van der Waals surface area contributed by atoms with Gasteiger partial charge in [-0.05, 0) is 12.1 Å². The van der Waals surface area contributed by atoms with E-state index in [-0.39, 0.29) is 5.69 Å². The van der Waals surface area contributed by atoms with Crippen molar-refractivity contribution in [3.63, 3.8) is 0 Å². The second-order valence-electron chi connectivity index (χ2n) is 4.99. The van der Waals surface area contributed by atoms with Gasteiger partial charge in [-0.3, -0.25) is 10.1 Å². The number of hydrogen-bond donors (Lipinski definition) is 0.